The lowest BCUT2D eigenvalue weighted by Crippen LogP contribution is -2.37. The Hall–Kier alpha value is -4.01. The van der Waals surface area contributed by atoms with Gasteiger partial charge in [0.25, 0.3) is 0 Å². The van der Waals surface area contributed by atoms with Crippen LogP contribution in [0.25, 0.3) is 39.8 Å². The number of carbonyl (C=O) groups excluding carboxylic acids is 1. The minimum absolute atomic E-state index is 0.00655. The molecule has 1 amide bonds. The highest BCUT2D eigenvalue weighted by Crippen LogP contribution is 2.44. The van der Waals surface area contributed by atoms with Crippen LogP contribution in [0.1, 0.15) is 90.1 Å². The number of likely N-dealkylation sites (N-methyl/N-ethyl adjacent to an activating group) is 1. The minimum atomic E-state index is -0.323. The second-order valence-corrected chi connectivity index (χ2v) is 12.5. The molecular weight excluding hydrogens is 562 g/mol. The molecule has 3 atom stereocenters. The van der Waals surface area contributed by atoms with Crippen LogP contribution in [0.3, 0.4) is 0 Å². The van der Waals surface area contributed by atoms with Crippen molar-refractivity contribution in [2.24, 2.45) is 5.92 Å². The molecule has 5 heterocycles. The highest BCUT2D eigenvalue weighted by molar-refractivity contribution is 5.87. The predicted octanol–water partition coefficient (Wildman–Crippen LogP) is 7.00. The Bertz CT molecular complexity index is 1830. The molecule has 3 aromatic heterocycles. The van der Waals surface area contributed by atoms with E-state index in [-0.39, 0.29) is 36.9 Å². The summed E-state index contributed by atoms with van der Waals surface area (Å²) in [6, 6.07) is 6.47. The van der Waals surface area contributed by atoms with Gasteiger partial charge in [-0.3, -0.25) is 9.78 Å². The molecule has 0 aromatic carbocycles. The van der Waals surface area contributed by atoms with E-state index in [4.69, 9.17) is 19.8 Å². The summed E-state index contributed by atoms with van der Waals surface area (Å²) in [7, 11) is 1.81. The van der Waals surface area contributed by atoms with Crippen LogP contribution in [-0.2, 0) is 16.0 Å². The molecule has 0 fully saturated rings. The van der Waals surface area contributed by atoms with Crippen molar-refractivity contribution in [1.29, 1.82) is 0 Å². The van der Waals surface area contributed by atoms with Crippen molar-refractivity contribution in [1.82, 2.24) is 24.8 Å². The van der Waals surface area contributed by atoms with Gasteiger partial charge in [0.15, 0.2) is 0 Å². The molecule has 1 unspecified atom stereocenters. The zero-order chi connectivity index (χ0) is 32.6. The number of rotatable bonds is 9. The lowest BCUT2D eigenvalue weighted by molar-refractivity contribution is -0.135. The van der Waals surface area contributed by atoms with Gasteiger partial charge in [-0.25, -0.2) is 4.98 Å². The van der Waals surface area contributed by atoms with E-state index < -0.39 is 0 Å². The first-order chi connectivity index (χ1) is 21.5. The Morgan fingerprint density at radius 1 is 1.04 bits per heavy atom. The molecule has 8 heteroatoms. The molecule has 238 valence electrons. The molecule has 8 bridgehead atoms. The van der Waals surface area contributed by atoms with Crippen molar-refractivity contribution in [2.45, 2.75) is 66.7 Å². The van der Waals surface area contributed by atoms with Crippen molar-refractivity contribution in [3.63, 3.8) is 0 Å². The van der Waals surface area contributed by atoms with Gasteiger partial charge in [-0.15, -0.1) is 0 Å². The molecule has 2 aliphatic rings. The van der Waals surface area contributed by atoms with Crippen molar-refractivity contribution >= 4 is 45.7 Å². The van der Waals surface area contributed by atoms with Crippen LogP contribution in [-0.4, -0.2) is 69.3 Å². The average Bonchev–Trinajstić information content (AvgIpc) is 3.72. The quantitative estimate of drug-likeness (QED) is 0.227. The van der Waals surface area contributed by atoms with E-state index in [1.165, 1.54) is 11.1 Å². The number of allylic oxidation sites excluding steroid dienone is 1. The van der Waals surface area contributed by atoms with Crippen molar-refractivity contribution in [3.05, 3.63) is 75.4 Å². The number of amides is 1. The van der Waals surface area contributed by atoms with Gasteiger partial charge >= 0.3 is 0 Å². The number of carbonyl (C=O) groups is 1. The van der Waals surface area contributed by atoms with Crippen LogP contribution in [0.15, 0.2) is 24.8 Å². The largest absolute Gasteiger partial charge is 0.394 e. The summed E-state index contributed by atoms with van der Waals surface area (Å²) in [4.78, 5) is 33.2. The molecule has 8 nitrogen and oxygen atoms in total. The number of aryl methyl sites for hydroxylation is 3. The number of nitrogens with zero attached hydrogens (tertiary/aromatic N) is 3. The van der Waals surface area contributed by atoms with E-state index in [9.17, 15) is 4.79 Å². The third-order valence-electron chi connectivity index (χ3n) is 9.69. The normalized spacial score (nSPS) is 16.9. The second-order valence-electron chi connectivity index (χ2n) is 12.5. The molecule has 0 aliphatic carbocycles. The van der Waals surface area contributed by atoms with E-state index in [1.807, 2.05) is 20.0 Å². The number of aromatic amines is 2. The molecule has 0 saturated carbocycles. The smallest absolute Gasteiger partial charge is 0.225 e. The standard InChI is InChI=1S/C37H47N5O3/c1-10-26-22(5)31-19-34-27(11-2)21(4)30(39-34)18-32-23(6)35(25(8)37(44)42(9)12-14-45-15-13-43)36(41-32)24(7)29-16-20(3)28(38-29)17-33(26)40-31/h11,16-19,23,25,35,39-40,43H,2,10,12-15H2,1,3-9H3/t23-,25?,35+/m1/s1. The van der Waals surface area contributed by atoms with E-state index in [0.29, 0.717) is 13.2 Å². The number of ether oxygens (including phenoxy) is 1. The fraction of sp³-hybridized carbons (Fsp3) is 0.432. The Morgan fingerprint density at radius 2 is 1.76 bits per heavy atom. The number of fused-ring (bicyclic) bond motifs is 8. The first-order valence-corrected chi connectivity index (χ1v) is 16.0. The lowest BCUT2D eigenvalue weighted by atomic mass is 9.79. The fourth-order valence-corrected chi connectivity index (χ4v) is 6.89. The number of hydrogen-bond acceptors (Lipinski definition) is 5. The maximum absolute atomic E-state index is 13.8. The highest BCUT2D eigenvalue weighted by Gasteiger charge is 2.39. The monoisotopic (exact) mass is 609 g/mol. The summed E-state index contributed by atoms with van der Waals surface area (Å²) in [6.45, 7) is 20.0. The first-order valence-electron chi connectivity index (χ1n) is 16.0. The maximum Gasteiger partial charge on any atom is 0.225 e. The van der Waals surface area contributed by atoms with Gasteiger partial charge < -0.3 is 24.7 Å². The molecular formula is C37H47N5O3. The molecule has 45 heavy (non-hydrogen) atoms. The number of aliphatic hydroxyl groups excluding tert-OH is 1. The van der Waals surface area contributed by atoms with Crippen LogP contribution >= 0.6 is 0 Å². The number of aliphatic hydroxyl groups is 1. The molecule has 0 spiro atoms. The molecule has 0 saturated heterocycles. The Labute approximate surface area is 266 Å². The topological polar surface area (TPSA) is 107 Å². The summed E-state index contributed by atoms with van der Waals surface area (Å²) in [6.07, 6.45) is 4.94. The van der Waals surface area contributed by atoms with Crippen LogP contribution in [0.5, 0.6) is 0 Å². The summed E-state index contributed by atoms with van der Waals surface area (Å²) >= 11 is 0. The SMILES string of the molecule is C=Cc1c(C)c2cc3nc(c(C)c4nc(cc5[nH]c(cc1[nH]2)c(C)c5CC)C(C)=C4)[C@H](C(C)C(=O)N(C)CCOCCO)[C@@H]3C. The third-order valence-corrected chi connectivity index (χ3v) is 9.69. The third kappa shape index (κ3) is 6.01. The second kappa shape index (κ2) is 13.2. The fourth-order valence-electron chi connectivity index (χ4n) is 6.89. The molecule has 2 aliphatic heterocycles. The predicted molar refractivity (Wildman–Crippen MR) is 184 cm³/mol. The first kappa shape index (κ1) is 32.4. The Morgan fingerprint density at radius 3 is 2.44 bits per heavy atom. The van der Waals surface area contributed by atoms with E-state index in [0.717, 1.165) is 73.5 Å². The van der Waals surface area contributed by atoms with Crippen molar-refractivity contribution in [3.8, 4) is 0 Å². The summed E-state index contributed by atoms with van der Waals surface area (Å²) in [5, 5.41) is 9.03. The van der Waals surface area contributed by atoms with Gasteiger partial charge in [0, 0.05) is 64.7 Å². The summed E-state index contributed by atoms with van der Waals surface area (Å²) in [5.41, 5.74) is 14.5. The van der Waals surface area contributed by atoms with Crippen LogP contribution in [0.4, 0.5) is 0 Å². The summed E-state index contributed by atoms with van der Waals surface area (Å²) in [5.74, 6) is -0.423. The summed E-state index contributed by atoms with van der Waals surface area (Å²) < 4.78 is 5.43. The number of H-pyrrole nitrogens is 2. The van der Waals surface area contributed by atoms with Gasteiger partial charge in [-0.1, -0.05) is 33.4 Å². The van der Waals surface area contributed by atoms with Crippen LogP contribution < -0.4 is 0 Å². The number of nitrogens with one attached hydrogen (secondary N) is 2. The Kier molecular flexibility index (Phi) is 9.46. The van der Waals surface area contributed by atoms with Crippen molar-refractivity contribution in [2.75, 3.05) is 33.4 Å². The van der Waals surface area contributed by atoms with Gasteiger partial charge in [-0.05, 0) is 86.2 Å². The van der Waals surface area contributed by atoms with E-state index >= 15 is 0 Å². The zero-order valence-electron chi connectivity index (χ0n) is 28.0. The molecule has 3 N–H and O–H groups in total. The number of aromatic nitrogens is 4. The van der Waals surface area contributed by atoms with Gasteiger partial charge in [0.05, 0.1) is 36.9 Å². The minimum Gasteiger partial charge on any atom is -0.394 e. The van der Waals surface area contributed by atoms with Crippen molar-refractivity contribution < 1.29 is 14.6 Å². The highest BCUT2D eigenvalue weighted by atomic mass is 16.5. The van der Waals surface area contributed by atoms with Crippen LogP contribution in [0, 0.1) is 26.7 Å². The maximum atomic E-state index is 13.8. The lowest BCUT2D eigenvalue weighted by Gasteiger charge is -2.28. The molecule has 3 aromatic rings. The van der Waals surface area contributed by atoms with Gasteiger partial charge in [-0.2, -0.15) is 0 Å². The molecule has 5 rings (SSSR count). The van der Waals surface area contributed by atoms with E-state index in [2.05, 4.69) is 82.4 Å². The average molecular weight is 610 g/mol. The van der Waals surface area contributed by atoms with Crippen LogP contribution in [0.2, 0.25) is 0 Å². The van der Waals surface area contributed by atoms with Gasteiger partial charge in [0.2, 0.25) is 5.91 Å². The Balaban J connectivity index is 1.76. The van der Waals surface area contributed by atoms with Gasteiger partial charge in [0.1, 0.15) is 0 Å². The van der Waals surface area contributed by atoms with E-state index in [1.54, 1.807) is 4.90 Å². The zero-order valence-corrected chi connectivity index (χ0v) is 28.0. The number of hydrogen-bond donors (Lipinski definition) is 3. The molecule has 0 radical (unpaired) electrons.